The van der Waals surface area contributed by atoms with Gasteiger partial charge in [0.15, 0.2) is 0 Å². The average Bonchev–Trinajstić information content (AvgIpc) is 3.67. The van der Waals surface area contributed by atoms with Crippen LogP contribution in [0.4, 0.5) is 17.1 Å². The highest BCUT2D eigenvalue weighted by atomic mass is 32.1. The average molecular weight is 670 g/mol. The van der Waals surface area contributed by atoms with Crippen LogP contribution in [0.3, 0.4) is 0 Å². The van der Waals surface area contributed by atoms with Crippen molar-refractivity contribution in [1.82, 2.24) is 0 Å². The number of thiophene rings is 1. The Balaban J connectivity index is 1.17. The second-order valence-corrected chi connectivity index (χ2v) is 15.2. The Morgan fingerprint density at radius 3 is 1.90 bits per heavy atom. The fourth-order valence-electron chi connectivity index (χ4n) is 8.36. The normalized spacial score (nSPS) is 13.1. The third-order valence-corrected chi connectivity index (χ3v) is 12.0. The van der Waals surface area contributed by atoms with E-state index in [0.29, 0.717) is 0 Å². The van der Waals surface area contributed by atoms with Gasteiger partial charge in [0.25, 0.3) is 0 Å². The summed E-state index contributed by atoms with van der Waals surface area (Å²) in [4.78, 5) is 2.44. The molecule has 0 amide bonds. The van der Waals surface area contributed by atoms with Crippen LogP contribution in [0.5, 0.6) is 0 Å². The lowest BCUT2D eigenvalue weighted by Gasteiger charge is -2.27. The summed E-state index contributed by atoms with van der Waals surface area (Å²) in [5.74, 6) is 0. The SMILES string of the molecule is CC1(C)c2ccc(N(c3ccc(-c4cccc5ccccc45)cc3)c3ccc4sc5ccccc5c4c3)cc2-c2c(-c3ccccc3)cccc21. The molecule has 1 heterocycles. The highest BCUT2D eigenvalue weighted by Gasteiger charge is 2.37. The lowest BCUT2D eigenvalue weighted by Crippen LogP contribution is -2.15. The van der Waals surface area contributed by atoms with Crippen LogP contribution in [0.2, 0.25) is 0 Å². The van der Waals surface area contributed by atoms with E-state index in [1.165, 1.54) is 75.5 Å². The zero-order chi connectivity index (χ0) is 34.1. The van der Waals surface area contributed by atoms with Gasteiger partial charge in [-0.1, -0.05) is 141 Å². The first-order chi connectivity index (χ1) is 25.0. The van der Waals surface area contributed by atoms with E-state index in [0.717, 1.165) is 17.1 Å². The van der Waals surface area contributed by atoms with Crippen LogP contribution in [0.15, 0.2) is 176 Å². The molecule has 0 bridgehead atoms. The zero-order valence-electron chi connectivity index (χ0n) is 28.6. The van der Waals surface area contributed by atoms with E-state index in [9.17, 15) is 0 Å². The summed E-state index contributed by atoms with van der Waals surface area (Å²) in [7, 11) is 0. The molecule has 0 fully saturated rings. The van der Waals surface area contributed by atoms with Crippen molar-refractivity contribution in [1.29, 1.82) is 0 Å². The molecular formula is C49H35NS. The summed E-state index contributed by atoms with van der Waals surface area (Å²) in [6.45, 7) is 4.73. The van der Waals surface area contributed by atoms with E-state index < -0.39 is 0 Å². The summed E-state index contributed by atoms with van der Waals surface area (Å²) in [5, 5.41) is 5.13. The molecule has 242 valence electrons. The number of benzene rings is 8. The van der Waals surface area contributed by atoms with Gasteiger partial charge in [-0.15, -0.1) is 11.3 Å². The Morgan fingerprint density at radius 1 is 0.412 bits per heavy atom. The molecule has 10 rings (SSSR count). The van der Waals surface area contributed by atoms with Gasteiger partial charge in [-0.3, -0.25) is 0 Å². The first-order valence-corrected chi connectivity index (χ1v) is 18.5. The van der Waals surface area contributed by atoms with E-state index in [1.807, 2.05) is 11.3 Å². The maximum atomic E-state index is 2.44. The van der Waals surface area contributed by atoms with E-state index in [-0.39, 0.29) is 5.41 Å². The van der Waals surface area contributed by atoms with Gasteiger partial charge in [0.05, 0.1) is 0 Å². The Labute approximate surface area is 302 Å². The van der Waals surface area contributed by atoms with Crippen molar-refractivity contribution < 1.29 is 0 Å². The monoisotopic (exact) mass is 669 g/mol. The van der Waals surface area contributed by atoms with Crippen LogP contribution in [-0.4, -0.2) is 0 Å². The molecule has 0 saturated carbocycles. The van der Waals surface area contributed by atoms with Gasteiger partial charge < -0.3 is 4.90 Å². The van der Waals surface area contributed by atoms with Crippen molar-refractivity contribution in [3.8, 4) is 33.4 Å². The third kappa shape index (κ3) is 4.75. The smallest absolute Gasteiger partial charge is 0.0468 e. The quantitative estimate of drug-likeness (QED) is 0.176. The van der Waals surface area contributed by atoms with Crippen molar-refractivity contribution >= 4 is 59.3 Å². The van der Waals surface area contributed by atoms with Gasteiger partial charge in [0.1, 0.15) is 0 Å². The van der Waals surface area contributed by atoms with Gasteiger partial charge in [-0.05, 0) is 104 Å². The fraction of sp³-hybridized carbons (Fsp3) is 0.0612. The van der Waals surface area contributed by atoms with E-state index in [4.69, 9.17) is 0 Å². The van der Waals surface area contributed by atoms with Gasteiger partial charge in [-0.2, -0.15) is 0 Å². The lowest BCUT2D eigenvalue weighted by atomic mass is 9.82. The number of hydrogen-bond donors (Lipinski definition) is 0. The highest BCUT2D eigenvalue weighted by Crippen LogP contribution is 2.54. The maximum Gasteiger partial charge on any atom is 0.0468 e. The molecule has 2 heteroatoms. The third-order valence-electron chi connectivity index (χ3n) is 10.9. The minimum Gasteiger partial charge on any atom is -0.310 e. The molecule has 0 radical (unpaired) electrons. The minimum absolute atomic E-state index is 0.104. The molecule has 0 atom stereocenters. The van der Waals surface area contributed by atoms with E-state index >= 15 is 0 Å². The highest BCUT2D eigenvalue weighted by molar-refractivity contribution is 7.25. The molecule has 0 N–H and O–H groups in total. The molecule has 0 spiro atoms. The van der Waals surface area contributed by atoms with Crippen LogP contribution in [0.25, 0.3) is 64.3 Å². The molecule has 1 aliphatic rings. The summed E-state index contributed by atoms with van der Waals surface area (Å²) in [5.41, 5.74) is 13.7. The van der Waals surface area contributed by atoms with Crippen LogP contribution < -0.4 is 4.90 Å². The Hall–Kier alpha value is -5.96. The van der Waals surface area contributed by atoms with Gasteiger partial charge in [-0.25, -0.2) is 0 Å². The van der Waals surface area contributed by atoms with Crippen molar-refractivity contribution in [3.63, 3.8) is 0 Å². The van der Waals surface area contributed by atoms with Gasteiger partial charge in [0, 0.05) is 42.6 Å². The first kappa shape index (κ1) is 29.9. The molecule has 0 aliphatic heterocycles. The first-order valence-electron chi connectivity index (χ1n) is 17.7. The summed E-state index contributed by atoms with van der Waals surface area (Å²) >= 11 is 1.86. The largest absolute Gasteiger partial charge is 0.310 e. The summed E-state index contributed by atoms with van der Waals surface area (Å²) in [6, 6.07) is 64.9. The molecule has 1 nitrogen and oxygen atoms in total. The van der Waals surface area contributed by atoms with Crippen molar-refractivity contribution in [2.45, 2.75) is 19.3 Å². The molecular weight excluding hydrogens is 635 g/mol. The maximum absolute atomic E-state index is 2.44. The lowest BCUT2D eigenvalue weighted by molar-refractivity contribution is 0.660. The predicted molar refractivity (Wildman–Crippen MR) is 220 cm³/mol. The molecule has 1 aromatic heterocycles. The Bertz CT molecular complexity index is 2770. The van der Waals surface area contributed by atoms with E-state index in [2.05, 4.69) is 195 Å². The van der Waals surface area contributed by atoms with Gasteiger partial charge >= 0.3 is 0 Å². The number of nitrogens with zero attached hydrogens (tertiary/aromatic N) is 1. The minimum atomic E-state index is -0.104. The topological polar surface area (TPSA) is 3.24 Å². The Kier molecular flexibility index (Phi) is 6.78. The van der Waals surface area contributed by atoms with Crippen molar-refractivity contribution in [2.24, 2.45) is 0 Å². The fourth-order valence-corrected chi connectivity index (χ4v) is 9.44. The van der Waals surface area contributed by atoms with Crippen LogP contribution in [-0.2, 0) is 5.41 Å². The number of anilines is 3. The zero-order valence-corrected chi connectivity index (χ0v) is 29.4. The number of hydrogen-bond acceptors (Lipinski definition) is 2. The number of rotatable bonds is 5. The molecule has 51 heavy (non-hydrogen) atoms. The standard InChI is InChI=1S/C49H35NS/c1-49(2)44-28-26-36(31-43(44)48-40(19-11-20-45(48)49)33-12-4-3-5-13-33)50(37-27-29-47-42(30-37)41-17-8-9-21-46(41)51-47)35-24-22-34(23-25-35)39-18-10-15-32-14-6-7-16-38(32)39/h3-31H,1-2H3. The van der Waals surface area contributed by atoms with Crippen LogP contribution in [0, 0.1) is 0 Å². The summed E-state index contributed by atoms with van der Waals surface area (Å²) in [6.07, 6.45) is 0. The molecule has 0 saturated heterocycles. The van der Waals surface area contributed by atoms with Crippen LogP contribution in [0.1, 0.15) is 25.0 Å². The second kappa shape index (κ2) is 11.6. The number of fused-ring (bicyclic) bond motifs is 7. The van der Waals surface area contributed by atoms with Crippen molar-refractivity contribution in [2.75, 3.05) is 4.90 Å². The summed E-state index contributed by atoms with van der Waals surface area (Å²) < 4.78 is 2.63. The molecule has 8 aromatic carbocycles. The van der Waals surface area contributed by atoms with Crippen molar-refractivity contribution in [3.05, 3.63) is 187 Å². The second-order valence-electron chi connectivity index (χ2n) is 14.1. The molecule has 1 aliphatic carbocycles. The molecule has 9 aromatic rings. The Morgan fingerprint density at radius 2 is 1.04 bits per heavy atom. The van der Waals surface area contributed by atoms with Gasteiger partial charge in [0.2, 0.25) is 0 Å². The predicted octanol–water partition coefficient (Wildman–Crippen LogP) is 14.3. The molecule has 0 unspecified atom stereocenters. The van der Waals surface area contributed by atoms with E-state index in [1.54, 1.807) is 0 Å². The van der Waals surface area contributed by atoms with Crippen LogP contribution >= 0.6 is 11.3 Å².